The van der Waals surface area contributed by atoms with E-state index in [4.69, 9.17) is 0 Å². The van der Waals surface area contributed by atoms with E-state index in [2.05, 4.69) is 26.2 Å². The van der Waals surface area contributed by atoms with Crippen LogP contribution in [0.3, 0.4) is 0 Å². The molecule has 4 heteroatoms. The van der Waals surface area contributed by atoms with Crippen LogP contribution in [0.15, 0.2) is 16.7 Å². The van der Waals surface area contributed by atoms with E-state index in [-0.39, 0.29) is 0 Å². The number of hydrogen-bond acceptors (Lipinski definition) is 2. The van der Waals surface area contributed by atoms with Gasteiger partial charge in [0.25, 0.3) is 0 Å². The summed E-state index contributed by atoms with van der Waals surface area (Å²) >= 11 is 3.23. The topological polar surface area (TPSA) is 24.9 Å². The summed E-state index contributed by atoms with van der Waals surface area (Å²) in [6.45, 7) is 3.32. The van der Waals surface area contributed by atoms with Crippen molar-refractivity contribution in [3.63, 3.8) is 0 Å². The quantitative estimate of drug-likeness (QED) is 0.808. The number of rotatable bonds is 3. The summed E-state index contributed by atoms with van der Waals surface area (Å²) in [5.74, 6) is -0.404. The molecule has 1 aromatic rings. The zero-order valence-corrected chi connectivity index (χ0v) is 8.36. The predicted octanol–water partition coefficient (Wildman–Crippen LogP) is 2.09. The van der Waals surface area contributed by atoms with Crippen LogP contribution < -0.4 is 5.32 Å². The molecular weight excluding hydrogens is 223 g/mol. The second kappa shape index (κ2) is 4.52. The van der Waals surface area contributed by atoms with Gasteiger partial charge in [-0.15, -0.1) is 0 Å². The maximum Gasteiger partial charge on any atom is 0.217 e. The first-order valence-electron chi connectivity index (χ1n) is 3.74. The molecule has 2 nitrogen and oxygen atoms in total. The molecule has 0 unspecified atom stereocenters. The van der Waals surface area contributed by atoms with Gasteiger partial charge >= 0.3 is 0 Å². The Balaban J connectivity index is 2.75. The summed E-state index contributed by atoms with van der Waals surface area (Å²) in [5, 5.41) is 3.03. The van der Waals surface area contributed by atoms with E-state index in [0.717, 1.165) is 11.0 Å². The molecule has 0 saturated heterocycles. The van der Waals surface area contributed by atoms with Crippen LogP contribution >= 0.6 is 15.9 Å². The molecule has 0 atom stereocenters. The predicted molar refractivity (Wildman–Crippen MR) is 49.3 cm³/mol. The lowest BCUT2D eigenvalue weighted by Crippen LogP contribution is -2.13. The minimum Gasteiger partial charge on any atom is -0.313 e. The van der Waals surface area contributed by atoms with Crippen LogP contribution in [0.5, 0.6) is 0 Å². The molecule has 66 valence electrons. The van der Waals surface area contributed by atoms with Crippen LogP contribution in [-0.2, 0) is 6.54 Å². The lowest BCUT2D eigenvalue weighted by Gasteiger charge is -2.02. The summed E-state index contributed by atoms with van der Waals surface area (Å²) in [4.78, 5) is 3.58. The Labute approximate surface area is 79.3 Å². The van der Waals surface area contributed by atoms with Gasteiger partial charge in [-0.3, -0.25) is 0 Å². The first-order valence-corrected chi connectivity index (χ1v) is 4.54. The second-order valence-corrected chi connectivity index (χ2v) is 3.30. The first-order chi connectivity index (χ1) is 5.74. The van der Waals surface area contributed by atoms with Crippen molar-refractivity contribution in [2.45, 2.75) is 13.5 Å². The smallest absolute Gasteiger partial charge is 0.217 e. The Hall–Kier alpha value is -0.480. The minimum atomic E-state index is -0.404. The molecule has 0 fully saturated rings. The van der Waals surface area contributed by atoms with E-state index in [1.54, 1.807) is 6.07 Å². The highest BCUT2D eigenvalue weighted by molar-refractivity contribution is 9.10. The van der Waals surface area contributed by atoms with Gasteiger partial charge in [-0.05, 0) is 28.5 Å². The third-order valence-corrected chi connectivity index (χ3v) is 1.88. The maximum atomic E-state index is 12.9. The summed E-state index contributed by atoms with van der Waals surface area (Å²) in [6.07, 6.45) is 1.45. The molecule has 0 radical (unpaired) electrons. The lowest BCUT2D eigenvalue weighted by atomic mass is 10.3. The van der Waals surface area contributed by atoms with Gasteiger partial charge in [0, 0.05) is 22.8 Å². The van der Waals surface area contributed by atoms with E-state index in [1.165, 1.54) is 6.20 Å². The normalized spacial score (nSPS) is 10.2. The average molecular weight is 233 g/mol. The number of aromatic nitrogens is 1. The third kappa shape index (κ3) is 2.53. The minimum absolute atomic E-state index is 0.404. The van der Waals surface area contributed by atoms with E-state index in [0.29, 0.717) is 12.1 Å². The van der Waals surface area contributed by atoms with Crippen LogP contribution in [0, 0.1) is 5.95 Å². The van der Waals surface area contributed by atoms with Gasteiger partial charge < -0.3 is 5.32 Å². The average Bonchev–Trinajstić information content (AvgIpc) is 2.07. The number of nitrogens with one attached hydrogen (secondary N) is 1. The van der Waals surface area contributed by atoms with Gasteiger partial charge in [0.1, 0.15) is 0 Å². The largest absolute Gasteiger partial charge is 0.313 e. The SMILES string of the molecule is CCNCc1cc(Br)cnc1F. The zero-order valence-electron chi connectivity index (χ0n) is 6.77. The molecule has 12 heavy (non-hydrogen) atoms. The standard InChI is InChI=1S/C8H10BrFN2/c1-2-11-4-6-3-7(9)5-12-8(6)10/h3,5,11H,2,4H2,1H3. The van der Waals surface area contributed by atoms with Gasteiger partial charge in [0.05, 0.1) is 0 Å². The molecule has 0 aromatic carbocycles. The Morgan fingerprint density at radius 1 is 1.67 bits per heavy atom. The van der Waals surface area contributed by atoms with Crippen molar-refractivity contribution in [1.82, 2.24) is 10.3 Å². The molecule has 0 aliphatic carbocycles. The Bertz CT molecular complexity index is 265. The van der Waals surface area contributed by atoms with Crippen LogP contribution in [0.2, 0.25) is 0 Å². The summed E-state index contributed by atoms with van der Waals surface area (Å²) in [6, 6.07) is 1.73. The molecule has 0 aliphatic rings. The van der Waals surface area contributed by atoms with Crippen molar-refractivity contribution in [2.24, 2.45) is 0 Å². The fourth-order valence-corrected chi connectivity index (χ4v) is 1.23. The van der Waals surface area contributed by atoms with Gasteiger partial charge in [-0.1, -0.05) is 6.92 Å². The molecule has 0 aliphatic heterocycles. The second-order valence-electron chi connectivity index (χ2n) is 2.38. The van der Waals surface area contributed by atoms with Crippen LogP contribution in [0.1, 0.15) is 12.5 Å². The molecule has 1 aromatic heterocycles. The molecule has 0 amide bonds. The molecule has 1 rings (SSSR count). The van der Waals surface area contributed by atoms with Gasteiger partial charge in [-0.25, -0.2) is 4.98 Å². The number of nitrogens with zero attached hydrogens (tertiary/aromatic N) is 1. The molecule has 1 N–H and O–H groups in total. The maximum absolute atomic E-state index is 12.9. The number of pyridine rings is 1. The molecule has 1 heterocycles. The fraction of sp³-hybridized carbons (Fsp3) is 0.375. The van der Waals surface area contributed by atoms with Crippen molar-refractivity contribution in [3.05, 3.63) is 28.2 Å². The Kier molecular flexibility index (Phi) is 3.62. The summed E-state index contributed by atoms with van der Waals surface area (Å²) < 4.78 is 13.7. The summed E-state index contributed by atoms with van der Waals surface area (Å²) in [5.41, 5.74) is 0.589. The van der Waals surface area contributed by atoms with E-state index < -0.39 is 5.95 Å². The van der Waals surface area contributed by atoms with Gasteiger partial charge in [-0.2, -0.15) is 4.39 Å². The van der Waals surface area contributed by atoms with Gasteiger partial charge in [0.2, 0.25) is 5.95 Å². The first kappa shape index (κ1) is 9.61. The lowest BCUT2D eigenvalue weighted by molar-refractivity contribution is 0.554. The van der Waals surface area contributed by atoms with E-state index in [1.807, 2.05) is 6.92 Å². The van der Waals surface area contributed by atoms with E-state index >= 15 is 0 Å². The Morgan fingerprint density at radius 3 is 3.08 bits per heavy atom. The van der Waals surface area contributed by atoms with Crippen molar-refractivity contribution in [3.8, 4) is 0 Å². The van der Waals surface area contributed by atoms with Crippen molar-refractivity contribution in [1.29, 1.82) is 0 Å². The highest BCUT2D eigenvalue weighted by atomic mass is 79.9. The zero-order chi connectivity index (χ0) is 8.97. The summed E-state index contributed by atoms with van der Waals surface area (Å²) in [7, 11) is 0. The molecular formula is C8H10BrFN2. The third-order valence-electron chi connectivity index (χ3n) is 1.44. The number of halogens is 2. The van der Waals surface area contributed by atoms with Crippen molar-refractivity contribution >= 4 is 15.9 Å². The molecule has 0 saturated carbocycles. The highest BCUT2D eigenvalue weighted by Gasteiger charge is 2.02. The van der Waals surface area contributed by atoms with Crippen molar-refractivity contribution < 1.29 is 4.39 Å². The van der Waals surface area contributed by atoms with Crippen LogP contribution in [0.25, 0.3) is 0 Å². The van der Waals surface area contributed by atoms with E-state index in [9.17, 15) is 4.39 Å². The molecule has 0 bridgehead atoms. The van der Waals surface area contributed by atoms with Crippen molar-refractivity contribution in [2.75, 3.05) is 6.54 Å². The Morgan fingerprint density at radius 2 is 2.42 bits per heavy atom. The fourth-order valence-electron chi connectivity index (χ4n) is 0.848. The van der Waals surface area contributed by atoms with Gasteiger partial charge in [0.15, 0.2) is 0 Å². The highest BCUT2D eigenvalue weighted by Crippen LogP contribution is 2.12. The van der Waals surface area contributed by atoms with Crippen LogP contribution in [0.4, 0.5) is 4.39 Å². The number of hydrogen-bond donors (Lipinski definition) is 1. The monoisotopic (exact) mass is 232 g/mol. The van der Waals surface area contributed by atoms with Crippen LogP contribution in [-0.4, -0.2) is 11.5 Å². The molecule has 0 spiro atoms.